The van der Waals surface area contributed by atoms with Crippen LogP contribution in [-0.4, -0.2) is 60.4 Å². The Morgan fingerprint density at radius 1 is 1.06 bits per heavy atom. The van der Waals surface area contributed by atoms with Gasteiger partial charge in [0.2, 0.25) is 5.91 Å². The van der Waals surface area contributed by atoms with Gasteiger partial charge in [0.1, 0.15) is 0 Å². The van der Waals surface area contributed by atoms with E-state index in [1.807, 2.05) is 33.4 Å². The largest absolute Gasteiger partial charge is 0.465 e. The molecule has 2 aliphatic rings. The summed E-state index contributed by atoms with van der Waals surface area (Å²) in [5.41, 5.74) is 1.00. The van der Waals surface area contributed by atoms with E-state index in [0.717, 1.165) is 30.7 Å². The first-order valence-electron chi connectivity index (χ1n) is 10.6. The third-order valence-electron chi connectivity index (χ3n) is 6.13. The molecule has 0 N–H and O–H groups in total. The maximum atomic E-state index is 13.2. The standard InChI is InChI=1S/C24H26N2O4S/c1-30-24(29)18-8-6-17(7-9-18)23(28)26-13-2-4-19-16-25(14-12-21(19)26)22(27)11-10-20-5-3-15-31-20/h3,5-11,15,19,21H,2,4,12-14,16H2,1H3/b11-10+/t19-,21-/m1/s1. The number of amides is 2. The fraction of sp³-hybridized carbons (Fsp3) is 0.375. The lowest BCUT2D eigenvalue weighted by atomic mass is 9.83. The molecule has 162 valence electrons. The molecule has 2 saturated heterocycles. The first kappa shape index (κ1) is 21.3. The maximum Gasteiger partial charge on any atom is 0.337 e. The Morgan fingerprint density at radius 3 is 2.55 bits per heavy atom. The number of likely N-dealkylation sites (tertiary alicyclic amines) is 2. The molecule has 2 fully saturated rings. The minimum absolute atomic E-state index is 0.0107. The van der Waals surface area contributed by atoms with Crippen LogP contribution in [-0.2, 0) is 9.53 Å². The zero-order valence-electron chi connectivity index (χ0n) is 17.5. The Morgan fingerprint density at radius 2 is 1.84 bits per heavy atom. The minimum Gasteiger partial charge on any atom is -0.465 e. The van der Waals surface area contributed by atoms with Crippen LogP contribution in [0.5, 0.6) is 0 Å². The molecule has 2 aromatic rings. The van der Waals surface area contributed by atoms with Gasteiger partial charge in [-0.05, 0) is 67.0 Å². The molecule has 0 spiro atoms. The van der Waals surface area contributed by atoms with Crippen LogP contribution in [0.2, 0.25) is 0 Å². The van der Waals surface area contributed by atoms with E-state index in [1.165, 1.54) is 7.11 Å². The molecule has 0 radical (unpaired) electrons. The number of methoxy groups -OCH3 is 1. The zero-order chi connectivity index (χ0) is 21.8. The van der Waals surface area contributed by atoms with Gasteiger partial charge in [-0.3, -0.25) is 9.59 Å². The Labute approximate surface area is 186 Å². The minimum atomic E-state index is -0.415. The molecule has 6 nitrogen and oxygen atoms in total. The highest BCUT2D eigenvalue weighted by atomic mass is 32.1. The zero-order valence-corrected chi connectivity index (χ0v) is 18.3. The molecule has 1 aromatic carbocycles. The quantitative estimate of drug-likeness (QED) is 0.539. The number of hydrogen-bond acceptors (Lipinski definition) is 5. The molecule has 0 unspecified atom stereocenters. The predicted octanol–water partition coefficient (Wildman–Crippen LogP) is 3.70. The summed E-state index contributed by atoms with van der Waals surface area (Å²) in [6.07, 6.45) is 6.26. The second kappa shape index (κ2) is 9.47. The molecule has 7 heteroatoms. The topological polar surface area (TPSA) is 66.9 Å². The van der Waals surface area contributed by atoms with Crippen LogP contribution in [0.3, 0.4) is 0 Å². The van der Waals surface area contributed by atoms with Crippen LogP contribution in [0.4, 0.5) is 0 Å². The monoisotopic (exact) mass is 438 g/mol. The first-order valence-corrected chi connectivity index (χ1v) is 11.4. The number of esters is 1. The molecule has 1 aromatic heterocycles. The van der Waals surface area contributed by atoms with Crippen LogP contribution in [0.1, 0.15) is 44.9 Å². The van der Waals surface area contributed by atoms with Gasteiger partial charge in [0.25, 0.3) is 5.91 Å². The van der Waals surface area contributed by atoms with E-state index >= 15 is 0 Å². The SMILES string of the molecule is COC(=O)c1ccc(C(=O)N2CCC[C@@H]3CN(C(=O)/C=C/c4cccs4)CC[C@H]32)cc1. The number of thiophene rings is 1. The number of carbonyl (C=O) groups excluding carboxylic acids is 3. The molecule has 3 heterocycles. The Kier molecular flexibility index (Phi) is 6.51. The number of rotatable bonds is 4. The lowest BCUT2D eigenvalue weighted by molar-refractivity contribution is -0.129. The number of piperidine rings is 2. The van der Waals surface area contributed by atoms with Crippen molar-refractivity contribution in [2.24, 2.45) is 5.92 Å². The van der Waals surface area contributed by atoms with Gasteiger partial charge >= 0.3 is 5.97 Å². The molecule has 0 bridgehead atoms. The van der Waals surface area contributed by atoms with Gasteiger partial charge < -0.3 is 14.5 Å². The number of fused-ring (bicyclic) bond motifs is 1. The second-order valence-corrected chi connectivity index (χ2v) is 8.94. The number of benzene rings is 1. The third kappa shape index (κ3) is 4.71. The van der Waals surface area contributed by atoms with Gasteiger partial charge in [-0.2, -0.15) is 0 Å². The normalized spacial score (nSPS) is 21.1. The smallest absolute Gasteiger partial charge is 0.337 e. The molecule has 2 aliphatic heterocycles. The number of carbonyl (C=O) groups is 3. The molecule has 0 saturated carbocycles. The maximum absolute atomic E-state index is 13.2. The highest BCUT2D eigenvalue weighted by molar-refractivity contribution is 7.10. The van der Waals surface area contributed by atoms with Crippen LogP contribution in [0.25, 0.3) is 6.08 Å². The van der Waals surface area contributed by atoms with E-state index in [1.54, 1.807) is 41.7 Å². The van der Waals surface area contributed by atoms with Gasteiger partial charge in [0.05, 0.1) is 12.7 Å². The van der Waals surface area contributed by atoms with Gasteiger partial charge in [0, 0.05) is 42.2 Å². The summed E-state index contributed by atoms with van der Waals surface area (Å²) < 4.78 is 4.72. The predicted molar refractivity (Wildman–Crippen MR) is 120 cm³/mol. The molecular weight excluding hydrogens is 412 g/mol. The molecule has 4 rings (SSSR count). The summed E-state index contributed by atoms with van der Waals surface area (Å²) in [5.74, 6) is -0.0979. The average Bonchev–Trinajstić information content (AvgIpc) is 3.34. The van der Waals surface area contributed by atoms with Crippen LogP contribution < -0.4 is 0 Å². The van der Waals surface area contributed by atoms with Crippen molar-refractivity contribution in [3.8, 4) is 0 Å². The number of ether oxygens (including phenoxy) is 1. The fourth-order valence-electron chi connectivity index (χ4n) is 4.53. The Hall–Kier alpha value is -2.93. The van der Waals surface area contributed by atoms with Crippen molar-refractivity contribution < 1.29 is 19.1 Å². The second-order valence-electron chi connectivity index (χ2n) is 7.96. The third-order valence-corrected chi connectivity index (χ3v) is 6.96. The lowest BCUT2D eigenvalue weighted by Crippen LogP contribution is -2.56. The summed E-state index contributed by atoms with van der Waals surface area (Å²) in [6, 6.07) is 10.7. The van der Waals surface area contributed by atoms with E-state index < -0.39 is 5.97 Å². The van der Waals surface area contributed by atoms with Crippen molar-refractivity contribution in [1.82, 2.24) is 9.80 Å². The number of hydrogen-bond donors (Lipinski definition) is 0. The van der Waals surface area contributed by atoms with E-state index in [-0.39, 0.29) is 17.9 Å². The van der Waals surface area contributed by atoms with E-state index in [4.69, 9.17) is 4.74 Å². The van der Waals surface area contributed by atoms with Gasteiger partial charge in [-0.15, -0.1) is 11.3 Å². The average molecular weight is 439 g/mol. The summed E-state index contributed by atoms with van der Waals surface area (Å²) in [4.78, 5) is 42.4. The van der Waals surface area contributed by atoms with Gasteiger partial charge in [-0.1, -0.05) is 6.07 Å². The van der Waals surface area contributed by atoms with Crippen LogP contribution in [0, 0.1) is 5.92 Å². The van der Waals surface area contributed by atoms with Crippen LogP contribution >= 0.6 is 11.3 Å². The summed E-state index contributed by atoms with van der Waals surface area (Å²) >= 11 is 1.61. The summed E-state index contributed by atoms with van der Waals surface area (Å²) in [6.45, 7) is 2.06. The highest BCUT2D eigenvalue weighted by Gasteiger charge is 2.39. The first-order chi connectivity index (χ1) is 15.1. The van der Waals surface area contributed by atoms with Crippen molar-refractivity contribution in [2.45, 2.75) is 25.3 Å². The summed E-state index contributed by atoms with van der Waals surface area (Å²) in [7, 11) is 1.34. The molecule has 2 amide bonds. The van der Waals surface area contributed by atoms with Crippen molar-refractivity contribution in [2.75, 3.05) is 26.7 Å². The lowest BCUT2D eigenvalue weighted by Gasteiger charge is -2.47. The van der Waals surface area contributed by atoms with E-state index in [2.05, 4.69) is 0 Å². The number of nitrogens with zero attached hydrogens (tertiary/aromatic N) is 2. The van der Waals surface area contributed by atoms with Gasteiger partial charge in [-0.25, -0.2) is 4.79 Å². The van der Waals surface area contributed by atoms with E-state index in [9.17, 15) is 14.4 Å². The van der Waals surface area contributed by atoms with Crippen molar-refractivity contribution in [3.05, 3.63) is 63.9 Å². The van der Waals surface area contributed by atoms with Crippen molar-refractivity contribution in [1.29, 1.82) is 0 Å². The molecule has 2 atom stereocenters. The summed E-state index contributed by atoms with van der Waals surface area (Å²) in [5, 5.41) is 1.99. The molecule has 31 heavy (non-hydrogen) atoms. The Balaban J connectivity index is 1.40. The molecular formula is C24H26N2O4S. The Bertz CT molecular complexity index is 968. The highest BCUT2D eigenvalue weighted by Crippen LogP contribution is 2.32. The van der Waals surface area contributed by atoms with Gasteiger partial charge in [0.15, 0.2) is 0 Å². The van der Waals surface area contributed by atoms with E-state index in [0.29, 0.717) is 30.1 Å². The van der Waals surface area contributed by atoms with Crippen molar-refractivity contribution >= 4 is 35.2 Å². The van der Waals surface area contributed by atoms with Crippen LogP contribution in [0.15, 0.2) is 47.9 Å². The van der Waals surface area contributed by atoms with Crippen molar-refractivity contribution in [3.63, 3.8) is 0 Å². The fourth-order valence-corrected chi connectivity index (χ4v) is 5.15. The molecule has 0 aliphatic carbocycles.